The number of aromatic nitrogens is 1. The lowest BCUT2D eigenvalue weighted by atomic mass is 10.1. The third-order valence-corrected chi connectivity index (χ3v) is 3.08. The molecule has 0 bridgehead atoms. The summed E-state index contributed by atoms with van der Waals surface area (Å²) in [6, 6.07) is 15.9. The SMILES string of the molecule is COc1ccc(C#Cc2ccc3cnccc3c2)cc1. The number of hydrogen-bond acceptors (Lipinski definition) is 2. The molecule has 0 unspecified atom stereocenters. The quantitative estimate of drug-likeness (QED) is 0.622. The molecular weight excluding hydrogens is 246 g/mol. The molecular formula is C18H13NO. The van der Waals surface area contributed by atoms with E-state index in [1.54, 1.807) is 13.3 Å². The second-order valence-corrected chi connectivity index (χ2v) is 4.42. The number of methoxy groups -OCH3 is 1. The summed E-state index contributed by atoms with van der Waals surface area (Å²) in [6.45, 7) is 0. The van der Waals surface area contributed by atoms with E-state index >= 15 is 0 Å². The van der Waals surface area contributed by atoms with Crippen LogP contribution in [0.3, 0.4) is 0 Å². The van der Waals surface area contributed by atoms with Crippen molar-refractivity contribution < 1.29 is 4.74 Å². The van der Waals surface area contributed by atoms with Gasteiger partial charge >= 0.3 is 0 Å². The number of nitrogens with zero attached hydrogens (tertiary/aromatic N) is 1. The average molecular weight is 259 g/mol. The van der Waals surface area contributed by atoms with Gasteiger partial charge in [-0.15, -0.1) is 0 Å². The molecule has 0 N–H and O–H groups in total. The molecule has 20 heavy (non-hydrogen) atoms. The summed E-state index contributed by atoms with van der Waals surface area (Å²) < 4.78 is 5.13. The lowest BCUT2D eigenvalue weighted by Crippen LogP contribution is -1.82. The first-order valence-electron chi connectivity index (χ1n) is 6.35. The Bertz CT molecular complexity index is 795. The highest BCUT2D eigenvalue weighted by Gasteiger charge is 1.94. The van der Waals surface area contributed by atoms with Gasteiger partial charge in [-0.1, -0.05) is 17.9 Å². The molecule has 3 rings (SSSR count). The smallest absolute Gasteiger partial charge is 0.118 e. The van der Waals surface area contributed by atoms with Crippen LogP contribution >= 0.6 is 0 Å². The molecule has 0 fully saturated rings. The van der Waals surface area contributed by atoms with Gasteiger partial charge in [-0.2, -0.15) is 0 Å². The zero-order valence-electron chi connectivity index (χ0n) is 11.1. The molecule has 0 spiro atoms. The van der Waals surface area contributed by atoms with Crippen molar-refractivity contribution in [2.24, 2.45) is 0 Å². The standard InChI is InChI=1S/C18H13NO/c1-20-18-8-5-14(6-9-18)2-3-15-4-7-17-13-19-11-10-16(17)12-15/h4-13H,1H3. The Morgan fingerprint density at radius 3 is 2.40 bits per heavy atom. The fourth-order valence-electron chi connectivity index (χ4n) is 1.98. The van der Waals surface area contributed by atoms with Gasteiger partial charge in [0.15, 0.2) is 0 Å². The molecule has 3 aromatic rings. The van der Waals surface area contributed by atoms with Crippen molar-refractivity contribution in [2.45, 2.75) is 0 Å². The lowest BCUT2D eigenvalue weighted by Gasteiger charge is -1.98. The summed E-state index contributed by atoms with van der Waals surface area (Å²) >= 11 is 0. The van der Waals surface area contributed by atoms with Crippen LogP contribution in [0.15, 0.2) is 60.9 Å². The number of pyridine rings is 1. The molecule has 0 aliphatic rings. The summed E-state index contributed by atoms with van der Waals surface area (Å²) in [5, 5.41) is 2.28. The summed E-state index contributed by atoms with van der Waals surface area (Å²) in [7, 11) is 1.66. The van der Waals surface area contributed by atoms with E-state index in [0.29, 0.717) is 0 Å². The van der Waals surface area contributed by atoms with Crippen LogP contribution in [-0.2, 0) is 0 Å². The monoisotopic (exact) mass is 259 g/mol. The molecule has 0 amide bonds. The maximum Gasteiger partial charge on any atom is 0.118 e. The van der Waals surface area contributed by atoms with E-state index in [1.807, 2.05) is 48.7 Å². The van der Waals surface area contributed by atoms with Gasteiger partial charge in [-0.05, 0) is 47.9 Å². The fourth-order valence-corrected chi connectivity index (χ4v) is 1.98. The summed E-state index contributed by atoms with van der Waals surface area (Å²) in [5.41, 5.74) is 1.97. The number of ether oxygens (including phenoxy) is 1. The summed E-state index contributed by atoms with van der Waals surface area (Å²) in [6.07, 6.45) is 3.65. The number of fused-ring (bicyclic) bond motifs is 1. The van der Waals surface area contributed by atoms with Crippen molar-refractivity contribution in [1.29, 1.82) is 0 Å². The maximum atomic E-state index is 5.13. The van der Waals surface area contributed by atoms with E-state index in [2.05, 4.69) is 22.9 Å². The fraction of sp³-hybridized carbons (Fsp3) is 0.0556. The number of benzene rings is 2. The average Bonchev–Trinajstić information content (AvgIpc) is 2.53. The molecule has 0 saturated carbocycles. The molecule has 0 saturated heterocycles. The van der Waals surface area contributed by atoms with Crippen molar-refractivity contribution in [3.05, 3.63) is 72.1 Å². The molecule has 0 aliphatic heterocycles. The van der Waals surface area contributed by atoms with Crippen LogP contribution in [0.2, 0.25) is 0 Å². The van der Waals surface area contributed by atoms with Crippen molar-refractivity contribution in [2.75, 3.05) is 7.11 Å². The van der Waals surface area contributed by atoms with E-state index in [4.69, 9.17) is 4.74 Å². The van der Waals surface area contributed by atoms with Crippen molar-refractivity contribution in [1.82, 2.24) is 4.98 Å². The molecule has 2 heteroatoms. The van der Waals surface area contributed by atoms with E-state index in [-0.39, 0.29) is 0 Å². The van der Waals surface area contributed by atoms with Crippen molar-refractivity contribution >= 4 is 10.8 Å². The van der Waals surface area contributed by atoms with Gasteiger partial charge in [0.2, 0.25) is 0 Å². The van der Waals surface area contributed by atoms with Crippen molar-refractivity contribution in [3.63, 3.8) is 0 Å². The second-order valence-electron chi connectivity index (χ2n) is 4.42. The Kier molecular flexibility index (Phi) is 3.34. The predicted octanol–water partition coefficient (Wildman–Crippen LogP) is 3.64. The van der Waals surface area contributed by atoms with E-state index in [0.717, 1.165) is 27.6 Å². The lowest BCUT2D eigenvalue weighted by molar-refractivity contribution is 0.415. The molecule has 0 aliphatic carbocycles. The third-order valence-electron chi connectivity index (χ3n) is 3.08. The van der Waals surface area contributed by atoms with Crippen LogP contribution in [0, 0.1) is 11.8 Å². The Morgan fingerprint density at radius 1 is 0.850 bits per heavy atom. The van der Waals surface area contributed by atoms with E-state index < -0.39 is 0 Å². The van der Waals surface area contributed by atoms with Crippen LogP contribution < -0.4 is 4.74 Å². The molecule has 0 radical (unpaired) electrons. The number of hydrogen-bond donors (Lipinski definition) is 0. The predicted molar refractivity (Wildman–Crippen MR) is 80.7 cm³/mol. The van der Waals surface area contributed by atoms with Gasteiger partial charge in [0.25, 0.3) is 0 Å². The Hall–Kier alpha value is -2.79. The Labute approximate surface area is 118 Å². The molecule has 2 nitrogen and oxygen atoms in total. The normalized spacial score (nSPS) is 9.85. The third kappa shape index (κ3) is 2.62. The molecule has 2 aromatic carbocycles. The van der Waals surface area contributed by atoms with Gasteiger partial charge in [-0.3, -0.25) is 4.98 Å². The van der Waals surface area contributed by atoms with Crippen LogP contribution in [0.1, 0.15) is 11.1 Å². The van der Waals surface area contributed by atoms with Gasteiger partial charge in [-0.25, -0.2) is 0 Å². The summed E-state index contributed by atoms with van der Waals surface area (Å²) in [4.78, 5) is 4.10. The number of rotatable bonds is 1. The highest BCUT2D eigenvalue weighted by molar-refractivity contribution is 5.82. The Balaban J connectivity index is 1.90. The van der Waals surface area contributed by atoms with E-state index in [1.165, 1.54) is 0 Å². The van der Waals surface area contributed by atoms with Gasteiger partial charge in [0.05, 0.1) is 7.11 Å². The topological polar surface area (TPSA) is 22.1 Å². The summed E-state index contributed by atoms with van der Waals surface area (Å²) in [5.74, 6) is 7.18. The first-order valence-corrected chi connectivity index (χ1v) is 6.35. The minimum atomic E-state index is 0.841. The maximum absolute atomic E-state index is 5.13. The Morgan fingerprint density at radius 2 is 1.60 bits per heavy atom. The van der Waals surface area contributed by atoms with Gasteiger partial charge < -0.3 is 4.74 Å². The van der Waals surface area contributed by atoms with Crippen LogP contribution in [0.4, 0.5) is 0 Å². The minimum Gasteiger partial charge on any atom is -0.497 e. The minimum absolute atomic E-state index is 0.841. The zero-order chi connectivity index (χ0) is 13.8. The van der Waals surface area contributed by atoms with Crippen molar-refractivity contribution in [3.8, 4) is 17.6 Å². The van der Waals surface area contributed by atoms with Crippen LogP contribution in [-0.4, -0.2) is 12.1 Å². The molecule has 0 atom stereocenters. The molecule has 1 aromatic heterocycles. The van der Waals surface area contributed by atoms with Gasteiger partial charge in [0, 0.05) is 28.9 Å². The van der Waals surface area contributed by atoms with E-state index in [9.17, 15) is 0 Å². The van der Waals surface area contributed by atoms with Crippen LogP contribution in [0.25, 0.3) is 10.8 Å². The highest BCUT2D eigenvalue weighted by atomic mass is 16.5. The first kappa shape index (κ1) is 12.3. The highest BCUT2D eigenvalue weighted by Crippen LogP contribution is 2.14. The first-order chi connectivity index (χ1) is 9.85. The second kappa shape index (κ2) is 5.46. The molecule has 96 valence electrons. The molecule has 1 heterocycles. The largest absolute Gasteiger partial charge is 0.497 e. The van der Waals surface area contributed by atoms with Crippen LogP contribution in [0.5, 0.6) is 5.75 Å². The zero-order valence-corrected chi connectivity index (χ0v) is 11.1. The van der Waals surface area contributed by atoms with Gasteiger partial charge in [0.1, 0.15) is 5.75 Å².